The van der Waals surface area contributed by atoms with E-state index in [1.165, 1.54) is 11.1 Å². The van der Waals surface area contributed by atoms with Gasteiger partial charge >= 0.3 is 5.97 Å². The summed E-state index contributed by atoms with van der Waals surface area (Å²) in [6.45, 7) is 2.19. The summed E-state index contributed by atoms with van der Waals surface area (Å²) in [5, 5.41) is 0. The Labute approximate surface area is 386 Å². The molecule has 10 rings (SSSR count). The topological polar surface area (TPSA) is 63.2 Å². The molecule has 3 unspecified atom stereocenters. The largest absolute Gasteiger partial charge is 0.462 e. The van der Waals surface area contributed by atoms with E-state index in [9.17, 15) is 4.79 Å². The fraction of sp³-hybridized carbons (Fsp3) is 0.150. The van der Waals surface area contributed by atoms with E-state index >= 15 is 0 Å². The standard InChI is InChI=1S/C60H50O6/c1-60(39-38-59(61)66-58-41-42-12-13-47(58)40-42,48-18-26-52(27-19-48)64-56-34-30-54(31-35-56)62-50-22-14-45(15-23-50)43-8-4-2-5-9-43)49-20-28-53(29-21-49)65-57-36-32-55(33-37-57)63-51-24-16-46(17-25-51)44-10-6-3-7-11-44/h2-37,42,47,58H,38-41H2,1H3. The Bertz CT molecular complexity index is 2700. The molecule has 6 heteroatoms. The molecule has 66 heavy (non-hydrogen) atoms. The Balaban J connectivity index is 0.794. The Hall–Kier alpha value is -7.83. The van der Waals surface area contributed by atoms with Crippen LogP contribution in [0.1, 0.15) is 43.7 Å². The van der Waals surface area contributed by atoms with Crippen LogP contribution in [0.4, 0.5) is 0 Å². The van der Waals surface area contributed by atoms with E-state index in [1.807, 2.05) is 133 Å². The molecule has 0 aliphatic heterocycles. The summed E-state index contributed by atoms with van der Waals surface area (Å²) in [5.41, 5.74) is 6.22. The van der Waals surface area contributed by atoms with E-state index in [-0.39, 0.29) is 12.1 Å². The lowest BCUT2D eigenvalue weighted by atomic mass is 9.73. The zero-order valence-corrected chi connectivity index (χ0v) is 36.8. The minimum Gasteiger partial charge on any atom is -0.462 e. The molecule has 1 fully saturated rings. The molecule has 0 heterocycles. The van der Waals surface area contributed by atoms with E-state index in [1.54, 1.807) is 0 Å². The summed E-state index contributed by atoms with van der Waals surface area (Å²) in [6, 6.07) is 68.3. The third-order valence-corrected chi connectivity index (χ3v) is 12.8. The zero-order valence-electron chi connectivity index (χ0n) is 36.8. The van der Waals surface area contributed by atoms with Gasteiger partial charge in [0.15, 0.2) is 0 Å². The van der Waals surface area contributed by atoms with Gasteiger partial charge in [-0.3, -0.25) is 4.79 Å². The van der Waals surface area contributed by atoms with E-state index in [4.69, 9.17) is 23.7 Å². The third kappa shape index (κ3) is 9.94. The van der Waals surface area contributed by atoms with Gasteiger partial charge in [0, 0.05) is 17.8 Å². The van der Waals surface area contributed by atoms with Crippen LogP contribution in [0.5, 0.6) is 46.0 Å². The molecule has 8 aromatic rings. The minimum absolute atomic E-state index is 0.0224. The molecule has 326 valence electrons. The number of benzene rings is 8. The van der Waals surface area contributed by atoms with Gasteiger partial charge in [-0.2, -0.15) is 0 Å². The van der Waals surface area contributed by atoms with Gasteiger partial charge in [0.05, 0.1) is 0 Å². The molecular weight excluding hydrogens is 817 g/mol. The highest BCUT2D eigenvalue weighted by Crippen LogP contribution is 2.43. The quantitative estimate of drug-likeness (QED) is 0.0712. The van der Waals surface area contributed by atoms with E-state index in [0.717, 1.165) is 58.1 Å². The molecule has 0 aromatic heterocycles. The van der Waals surface area contributed by atoms with Crippen molar-refractivity contribution >= 4 is 5.97 Å². The van der Waals surface area contributed by atoms with Crippen molar-refractivity contribution in [2.45, 2.75) is 44.1 Å². The molecule has 2 bridgehead atoms. The predicted octanol–water partition coefficient (Wildman–Crippen LogP) is 15.8. The van der Waals surface area contributed by atoms with Crippen molar-refractivity contribution in [1.29, 1.82) is 0 Å². The number of ether oxygens (including phenoxy) is 5. The van der Waals surface area contributed by atoms with E-state index in [2.05, 4.69) is 91.9 Å². The molecule has 0 saturated heterocycles. The van der Waals surface area contributed by atoms with Crippen molar-refractivity contribution in [2.75, 3.05) is 0 Å². The molecule has 8 aromatic carbocycles. The zero-order chi connectivity index (χ0) is 44.7. The Morgan fingerprint density at radius 2 is 0.758 bits per heavy atom. The second-order valence-corrected chi connectivity index (χ2v) is 17.3. The maximum absolute atomic E-state index is 13.4. The lowest BCUT2D eigenvalue weighted by Gasteiger charge is -2.31. The van der Waals surface area contributed by atoms with Crippen molar-refractivity contribution in [3.05, 3.63) is 230 Å². The maximum atomic E-state index is 13.4. The number of hydrogen-bond donors (Lipinski definition) is 0. The lowest BCUT2D eigenvalue weighted by Crippen LogP contribution is -2.27. The van der Waals surface area contributed by atoms with Gasteiger partial charge < -0.3 is 23.7 Å². The van der Waals surface area contributed by atoms with Crippen LogP contribution in [-0.4, -0.2) is 12.1 Å². The predicted molar refractivity (Wildman–Crippen MR) is 261 cm³/mol. The molecule has 6 nitrogen and oxygen atoms in total. The molecule has 2 aliphatic carbocycles. The van der Waals surface area contributed by atoms with Crippen LogP contribution in [0.2, 0.25) is 0 Å². The molecule has 2 aliphatic rings. The Kier molecular flexibility index (Phi) is 12.2. The first kappa shape index (κ1) is 42.1. The van der Waals surface area contributed by atoms with Crippen molar-refractivity contribution in [2.24, 2.45) is 11.8 Å². The normalized spacial score (nSPS) is 16.1. The second-order valence-electron chi connectivity index (χ2n) is 17.3. The van der Waals surface area contributed by atoms with Crippen LogP contribution < -0.4 is 18.9 Å². The molecule has 0 N–H and O–H groups in total. The first-order valence-electron chi connectivity index (χ1n) is 22.7. The molecule has 0 radical (unpaired) electrons. The van der Waals surface area contributed by atoms with Crippen molar-refractivity contribution in [1.82, 2.24) is 0 Å². The van der Waals surface area contributed by atoms with Crippen LogP contribution in [0.25, 0.3) is 22.3 Å². The van der Waals surface area contributed by atoms with Crippen molar-refractivity contribution in [3.63, 3.8) is 0 Å². The minimum atomic E-state index is -0.513. The summed E-state index contributed by atoms with van der Waals surface area (Å²) < 4.78 is 30.9. The van der Waals surface area contributed by atoms with Crippen LogP contribution in [0.3, 0.4) is 0 Å². The number of hydrogen-bond acceptors (Lipinski definition) is 6. The summed E-state index contributed by atoms with van der Waals surface area (Å²) in [6.07, 6.45) is 7.32. The second kappa shape index (κ2) is 19.1. The number of esters is 1. The van der Waals surface area contributed by atoms with Gasteiger partial charge in [0.1, 0.15) is 52.1 Å². The molecule has 3 atom stereocenters. The van der Waals surface area contributed by atoms with E-state index < -0.39 is 5.41 Å². The average Bonchev–Trinajstić information content (AvgIpc) is 4.00. The smallest absolute Gasteiger partial charge is 0.306 e. The van der Waals surface area contributed by atoms with Crippen LogP contribution in [0, 0.1) is 11.8 Å². The van der Waals surface area contributed by atoms with E-state index in [0.29, 0.717) is 47.7 Å². The molecule has 1 saturated carbocycles. The highest BCUT2D eigenvalue weighted by atomic mass is 16.5. The fourth-order valence-corrected chi connectivity index (χ4v) is 9.07. The Morgan fingerprint density at radius 1 is 0.424 bits per heavy atom. The SMILES string of the molecule is CC(CCC(=O)OC1CC2C=CC1C2)(c1ccc(Oc2ccc(Oc3ccc(-c4ccccc4)cc3)cc2)cc1)c1ccc(Oc2ccc(Oc3ccc(-c4ccccc4)cc3)cc2)cc1. The van der Waals surface area contributed by atoms with Crippen molar-refractivity contribution < 1.29 is 28.5 Å². The van der Waals surface area contributed by atoms with Gasteiger partial charge in [-0.1, -0.05) is 128 Å². The molecule has 0 spiro atoms. The molecular formula is C60H50O6. The molecule has 0 amide bonds. The van der Waals surface area contributed by atoms with Gasteiger partial charge in [0.2, 0.25) is 0 Å². The van der Waals surface area contributed by atoms with Crippen molar-refractivity contribution in [3.8, 4) is 68.2 Å². The van der Waals surface area contributed by atoms with Crippen LogP contribution in [0.15, 0.2) is 218 Å². The van der Waals surface area contributed by atoms with Gasteiger partial charge in [0.25, 0.3) is 0 Å². The first-order valence-corrected chi connectivity index (χ1v) is 22.7. The third-order valence-electron chi connectivity index (χ3n) is 12.8. The number of rotatable bonds is 16. The summed E-state index contributed by atoms with van der Waals surface area (Å²) in [7, 11) is 0. The van der Waals surface area contributed by atoms with Gasteiger partial charge in [-0.25, -0.2) is 0 Å². The number of carbonyl (C=O) groups is 1. The summed E-state index contributed by atoms with van der Waals surface area (Å²) in [5.74, 6) is 6.49. The number of carbonyl (C=O) groups excluding carboxylic acids is 1. The number of allylic oxidation sites excluding steroid dienone is 1. The van der Waals surface area contributed by atoms with Crippen LogP contribution in [-0.2, 0) is 14.9 Å². The maximum Gasteiger partial charge on any atom is 0.306 e. The highest BCUT2D eigenvalue weighted by Gasteiger charge is 2.38. The monoisotopic (exact) mass is 866 g/mol. The van der Waals surface area contributed by atoms with Crippen LogP contribution >= 0.6 is 0 Å². The lowest BCUT2D eigenvalue weighted by molar-refractivity contribution is -0.150. The summed E-state index contributed by atoms with van der Waals surface area (Å²) >= 11 is 0. The Morgan fingerprint density at radius 3 is 1.09 bits per heavy atom. The first-order chi connectivity index (χ1) is 32.4. The fourth-order valence-electron chi connectivity index (χ4n) is 9.07. The van der Waals surface area contributed by atoms with Gasteiger partial charge in [-0.15, -0.1) is 0 Å². The summed E-state index contributed by atoms with van der Waals surface area (Å²) in [4.78, 5) is 13.4. The average molecular weight is 867 g/mol. The highest BCUT2D eigenvalue weighted by molar-refractivity contribution is 5.70. The van der Waals surface area contributed by atoms with Gasteiger partial charge in [-0.05, 0) is 156 Å². The number of fused-ring (bicyclic) bond motifs is 2.